The lowest BCUT2D eigenvalue weighted by atomic mass is 9.98. The van der Waals surface area contributed by atoms with Gasteiger partial charge in [0.15, 0.2) is 0 Å². The van der Waals surface area contributed by atoms with E-state index >= 15 is 0 Å². The van der Waals surface area contributed by atoms with Crippen molar-refractivity contribution in [3.63, 3.8) is 0 Å². The van der Waals surface area contributed by atoms with Crippen LogP contribution in [0.5, 0.6) is 0 Å². The summed E-state index contributed by atoms with van der Waals surface area (Å²) in [4.78, 5) is 0. The Labute approximate surface area is 100 Å². The molecular weight excluding hydrogens is 200 g/mol. The normalized spacial score (nSPS) is 17.8. The van der Waals surface area contributed by atoms with E-state index in [2.05, 4.69) is 17.6 Å². The van der Waals surface area contributed by atoms with Crippen LogP contribution in [0.3, 0.4) is 0 Å². The average Bonchev–Trinajstić information content (AvgIpc) is 2.34. The zero-order valence-electron chi connectivity index (χ0n) is 10.8. The maximum absolute atomic E-state index is 5.52. The molecule has 1 fully saturated rings. The Morgan fingerprint density at radius 1 is 1.19 bits per heavy atom. The summed E-state index contributed by atoms with van der Waals surface area (Å²) >= 11 is 0. The van der Waals surface area contributed by atoms with E-state index in [-0.39, 0.29) is 0 Å². The number of unbranched alkanes of at least 4 members (excludes halogenated alkanes) is 1. The highest BCUT2D eigenvalue weighted by Crippen LogP contribution is 2.09. The fourth-order valence-corrected chi connectivity index (χ4v) is 2.04. The molecule has 16 heavy (non-hydrogen) atoms. The minimum atomic E-state index is 0.891. The molecule has 0 unspecified atom stereocenters. The number of nitrogens with one attached hydrogen (secondary N) is 2. The van der Waals surface area contributed by atoms with E-state index in [0.29, 0.717) is 0 Å². The van der Waals surface area contributed by atoms with Crippen molar-refractivity contribution < 1.29 is 4.74 Å². The molecule has 96 valence electrons. The molecule has 0 radical (unpaired) electrons. The molecule has 0 bridgehead atoms. The monoisotopic (exact) mass is 228 g/mol. The van der Waals surface area contributed by atoms with E-state index in [4.69, 9.17) is 4.74 Å². The van der Waals surface area contributed by atoms with Gasteiger partial charge in [0.1, 0.15) is 0 Å². The minimum absolute atomic E-state index is 0.891. The van der Waals surface area contributed by atoms with Gasteiger partial charge in [-0.05, 0) is 57.8 Å². The summed E-state index contributed by atoms with van der Waals surface area (Å²) in [6.45, 7) is 8.75. The largest absolute Gasteiger partial charge is 0.381 e. The third-order valence-corrected chi connectivity index (χ3v) is 3.18. The molecule has 0 aliphatic carbocycles. The zero-order valence-corrected chi connectivity index (χ0v) is 10.8. The first kappa shape index (κ1) is 13.9. The summed E-state index contributed by atoms with van der Waals surface area (Å²) in [5.74, 6) is 0.891. The predicted molar refractivity (Wildman–Crippen MR) is 68.8 cm³/mol. The Balaban J connectivity index is 1.77. The SMILES string of the molecule is CCCCOCCCNCC1CCNCC1. The van der Waals surface area contributed by atoms with Crippen molar-refractivity contribution >= 4 is 0 Å². The molecule has 3 heteroatoms. The quantitative estimate of drug-likeness (QED) is 0.590. The van der Waals surface area contributed by atoms with Crippen LogP contribution < -0.4 is 10.6 Å². The van der Waals surface area contributed by atoms with E-state index in [0.717, 1.165) is 32.1 Å². The first-order valence-electron chi connectivity index (χ1n) is 6.92. The summed E-state index contributed by atoms with van der Waals surface area (Å²) in [5, 5.41) is 6.94. The van der Waals surface area contributed by atoms with Crippen LogP contribution in [0.4, 0.5) is 0 Å². The van der Waals surface area contributed by atoms with E-state index in [1.807, 2.05) is 0 Å². The number of hydrogen-bond donors (Lipinski definition) is 2. The lowest BCUT2D eigenvalue weighted by molar-refractivity contribution is 0.128. The van der Waals surface area contributed by atoms with Crippen molar-refractivity contribution in [2.75, 3.05) is 39.4 Å². The smallest absolute Gasteiger partial charge is 0.0478 e. The maximum Gasteiger partial charge on any atom is 0.0478 e. The molecule has 0 atom stereocenters. The zero-order chi connectivity index (χ0) is 11.5. The summed E-state index contributed by atoms with van der Waals surface area (Å²) < 4.78 is 5.52. The van der Waals surface area contributed by atoms with Crippen LogP contribution in [0.2, 0.25) is 0 Å². The van der Waals surface area contributed by atoms with Crippen LogP contribution in [0.25, 0.3) is 0 Å². The number of hydrogen-bond acceptors (Lipinski definition) is 3. The molecule has 2 N–H and O–H groups in total. The fourth-order valence-electron chi connectivity index (χ4n) is 2.04. The second-order valence-corrected chi connectivity index (χ2v) is 4.72. The molecule has 1 saturated heterocycles. The Morgan fingerprint density at radius 3 is 2.69 bits per heavy atom. The topological polar surface area (TPSA) is 33.3 Å². The molecule has 0 amide bonds. The molecule has 3 nitrogen and oxygen atoms in total. The van der Waals surface area contributed by atoms with Crippen molar-refractivity contribution in [3.05, 3.63) is 0 Å². The van der Waals surface area contributed by atoms with Crippen LogP contribution in [-0.2, 0) is 4.74 Å². The van der Waals surface area contributed by atoms with Gasteiger partial charge in [-0.25, -0.2) is 0 Å². The molecule has 0 spiro atoms. The maximum atomic E-state index is 5.52. The summed E-state index contributed by atoms with van der Waals surface area (Å²) in [7, 11) is 0. The van der Waals surface area contributed by atoms with Gasteiger partial charge >= 0.3 is 0 Å². The summed E-state index contributed by atoms with van der Waals surface area (Å²) in [6, 6.07) is 0. The van der Waals surface area contributed by atoms with Crippen LogP contribution in [0, 0.1) is 5.92 Å². The van der Waals surface area contributed by atoms with E-state index in [1.165, 1.54) is 45.3 Å². The van der Waals surface area contributed by atoms with Crippen molar-refractivity contribution in [3.8, 4) is 0 Å². The van der Waals surface area contributed by atoms with Crippen LogP contribution in [0.15, 0.2) is 0 Å². The van der Waals surface area contributed by atoms with E-state index in [1.54, 1.807) is 0 Å². The van der Waals surface area contributed by atoms with Crippen LogP contribution in [-0.4, -0.2) is 39.4 Å². The Morgan fingerprint density at radius 2 is 1.94 bits per heavy atom. The second kappa shape index (κ2) is 10.1. The van der Waals surface area contributed by atoms with Gasteiger partial charge in [0.05, 0.1) is 0 Å². The van der Waals surface area contributed by atoms with Gasteiger partial charge in [0.2, 0.25) is 0 Å². The molecule has 0 aromatic heterocycles. The van der Waals surface area contributed by atoms with Gasteiger partial charge in [-0.1, -0.05) is 13.3 Å². The van der Waals surface area contributed by atoms with Gasteiger partial charge in [-0.2, -0.15) is 0 Å². The van der Waals surface area contributed by atoms with Crippen LogP contribution in [0.1, 0.15) is 39.0 Å². The lowest BCUT2D eigenvalue weighted by Crippen LogP contribution is -2.34. The van der Waals surface area contributed by atoms with Gasteiger partial charge in [-0.3, -0.25) is 0 Å². The number of piperidine rings is 1. The highest BCUT2D eigenvalue weighted by molar-refractivity contribution is 4.70. The van der Waals surface area contributed by atoms with Crippen molar-refractivity contribution in [2.45, 2.75) is 39.0 Å². The Hall–Kier alpha value is -0.120. The summed E-state index contributed by atoms with van der Waals surface area (Å²) in [5.41, 5.74) is 0. The van der Waals surface area contributed by atoms with E-state index < -0.39 is 0 Å². The molecule has 0 aromatic carbocycles. The highest BCUT2D eigenvalue weighted by atomic mass is 16.5. The number of ether oxygens (including phenoxy) is 1. The molecular formula is C13H28N2O. The van der Waals surface area contributed by atoms with Gasteiger partial charge in [-0.15, -0.1) is 0 Å². The molecule has 1 aliphatic heterocycles. The molecule has 1 rings (SSSR count). The average molecular weight is 228 g/mol. The van der Waals surface area contributed by atoms with E-state index in [9.17, 15) is 0 Å². The van der Waals surface area contributed by atoms with Crippen molar-refractivity contribution in [1.82, 2.24) is 10.6 Å². The van der Waals surface area contributed by atoms with Crippen LogP contribution >= 0.6 is 0 Å². The third kappa shape index (κ3) is 7.20. The Bertz CT molecular complexity index is 147. The first-order chi connectivity index (χ1) is 7.93. The predicted octanol–water partition coefficient (Wildman–Crippen LogP) is 1.78. The number of rotatable bonds is 9. The van der Waals surface area contributed by atoms with Gasteiger partial charge in [0.25, 0.3) is 0 Å². The molecule has 0 aromatic rings. The fraction of sp³-hybridized carbons (Fsp3) is 1.00. The molecule has 0 saturated carbocycles. The van der Waals surface area contributed by atoms with Gasteiger partial charge < -0.3 is 15.4 Å². The third-order valence-electron chi connectivity index (χ3n) is 3.18. The second-order valence-electron chi connectivity index (χ2n) is 4.72. The summed E-state index contributed by atoms with van der Waals surface area (Å²) in [6.07, 6.45) is 6.24. The van der Waals surface area contributed by atoms with Gasteiger partial charge in [0, 0.05) is 13.2 Å². The standard InChI is InChI=1S/C13H28N2O/c1-2-3-10-16-11-4-7-15-12-13-5-8-14-9-6-13/h13-15H,2-12H2,1H3. The molecule has 1 heterocycles. The Kier molecular flexibility index (Phi) is 8.77. The van der Waals surface area contributed by atoms with Crippen molar-refractivity contribution in [1.29, 1.82) is 0 Å². The first-order valence-corrected chi connectivity index (χ1v) is 6.92. The van der Waals surface area contributed by atoms with Crippen molar-refractivity contribution in [2.24, 2.45) is 5.92 Å². The molecule has 1 aliphatic rings. The highest BCUT2D eigenvalue weighted by Gasteiger charge is 2.11. The lowest BCUT2D eigenvalue weighted by Gasteiger charge is -2.22. The minimum Gasteiger partial charge on any atom is -0.381 e.